The minimum atomic E-state index is -1.12. The van der Waals surface area contributed by atoms with Gasteiger partial charge in [-0.1, -0.05) is 212 Å². The molecule has 0 spiro atoms. The minimum Gasteiger partial charge on any atom is -0.544 e. The number of carboxylic acids is 1. The molecule has 0 heterocycles. The number of carbonyl (C=O) groups is 3. The van der Waals surface area contributed by atoms with Gasteiger partial charge in [0, 0.05) is 19.3 Å². The molecule has 2 atom stereocenters. The van der Waals surface area contributed by atoms with E-state index in [2.05, 4.69) is 26.0 Å². The van der Waals surface area contributed by atoms with Gasteiger partial charge in [0.2, 0.25) is 0 Å². The molecule has 0 bridgehead atoms. The highest BCUT2D eigenvalue weighted by Gasteiger charge is 2.25. The highest BCUT2D eigenvalue weighted by Crippen LogP contribution is 2.16. The van der Waals surface area contributed by atoms with Gasteiger partial charge in [0.05, 0.1) is 40.3 Å². The van der Waals surface area contributed by atoms with Crippen molar-refractivity contribution in [2.75, 3.05) is 41.0 Å². The molecule has 0 rings (SSSR count). The van der Waals surface area contributed by atoms with Crippen LogP contribution in [0.4, 0.5) is 0 Å². The van der Waals surface area contributed by atoms with E-state index in [0.717, 1.165) is 38.5 Å². The molecule has 8 nitrogen and oxygen atoms in total. The predicted octanol–water partition coefficient (Wildman–Crippen LogP) is 13.7. The molecule has 0 aromatic rings. The molecular formula is C53H101NO7. The molecule has 0 fully saturated rings. The highest BCUT2D eigenvalue weighted by molar-refractivity contribution is 5.70. The van der Waals surface area contributed by atoms with Gasteiger partial charge < -0.3 is 28.6 Å². The van der Waals surface area contributed by atoms with Crippen LogP contribution in [0, 0.1) is 0 Å². The summed E-state index contributed by atoms with van der Waals surface area (Å²) >= 11 is 0. The smallest absolute Gasteiger partial charge is 0.306 e. The van der Waals surface area contributed by atoms with Crippen LogP contribution in [0.1, 0.15) is 258 Å². The number of likely N-dealkylation sites (N-methyl/N-ethyl adjacent to an activating group) is 1. The molecule has 2 unspecified atom stereocenters. The Morgan fingerprint density at radius 3 is 1.18 bits per heavy atom. The molecule has 0 aromatic carbocycles. The number of rotatable bonds is 48. The first-order valence-electron chi connectivity index (χ1n) is 26.2. The quantitative estimate of drug-likeness (QED) is 0.0260. The van der Waals surface area contributed by atoms with E-state index in [4.69, 9.17) is 14.2 Å². The number of nitrogens with zero attached hydrogens (tertiary/aromatic N) is 1. The zero-order chi connectivity index (χ0) is 44.9. The number of quaternary nitrogens is 1. The van der Waals surface area contributed by atoms with Crippen LogP contribution in [0.25, 0.3) is 0 Å². The van der Waals surface area contributed by atoms with Gasteiger partial charge in [-0.2, -0.15) is 0 Å². The molecule has 0 aliphatic rings. The number of hydrogen-bond acceptors (Lipinski definition) is 7. The number of hydrogen-bond donors (Lipinski definition) is 0. The first kappa shape index (κ1) is 59.1. The Kier molecular flexibility index (Phi) is 43.3. The fourth-order valence-electron chi connectivity index (χ4n) is 8.07. The third kappa shape index (κ3) is 43.1. The number of unbranched alkanes of at least 4 members (excludes halogenated alkanes) is 32. The normalized spacial score (nSPS) is 12.9. The summed E-state index contributed by atoms with van der Waals surface area (Å²) in [6.45, 7) is 4.71. The van der Waals surface area contributed by atoms with Crippen LogP contribution in [0.15, 0.2) is 12.2 Å². The third-order valence-corrected chi connectivity index (χ3v) is 12.2. The van der Waals surface area contributed by atoms with E-state index >= 15 is 0 Å². The summed E-state index contributed by atoms with van der Waals surface area (Å²) in [6, 6.07) is -0.722. The number of allylic oxidation sites excluding steroid dienone is 2. The minimum absolute atomic E-state index is 0.0456. The molecule has 8 heteroatoms. The van der Waals surface area contributed by atoms with Crippen molar-refractivity contribution < 1.29 is 38.2 Å². The lowest BCUT2D eigenvalue weighted by Gasteiger charge is -2.34. The summed E-state index contributed by atoms with van der Waals surface area (Å²) in [5.74, 6) is -1.72. The largest absolute Gasteiger partial charge is 0.544 e. The standard InChI is InChI=1S/C53H101NO7/c1-6-8-10-12-14-16-18-20-22-23-24-25-26-27-28-30-31-33-35-37-39-41-43-51(55)60-48-49(47-59-46-45-50(53(57)58)54(3,4)5)61-52(56)44-42-40-38-36-34-32-29-21-19-17-15-13-11-9-7-2/h26-27,49-50H,6-25,28-48H2,1-5H3/b27-26+. The third-order valence-electron chi connectivity index (χ3n) is 12.2. The molecule has 0 N–H and O–H groups in total. The average Bonchev–Trinajstić information content (AvgIpc) is 3.22. The Labute approximate surface area is 378 Å². The highest BCUT2D eigenvalue weighted by atomic mass is 16.6. The Morgan fingerprint density at radius 1 is 0.475 bits per heavy atom. The van der Waals surface area contributed by atoms with Crippen LogP contribution in [-0.2, 0) is 28.6 Å². The van der Waals surface area contributed by atoms with Crippen molar-refractivity contribution in [2.45, 2.75) is 270 Å². The fraction of sp³-hybridized carbons (Fsp3) is 0.906. The van der Waals surface area contributed by atoms with E-state index in [9.17, 15) is 19.5 Å². The lowest BCUT2D eigenvalue weighted by Crippen LogP contribution is -2.55. The van der Waals surface area contributed by atoms with E-state index in [1.165, 1.54) is 186 Å². The molecule has 0 aliphatic heterocycles. The topological polar surface area (TPSA) is 102 Å². The van der Waals surface area contributed by atoms with Gasteiger partial charge in [-0.15, -0.1) is 0 Å². The number of ether oxygens (including phenoxy) is 3. The SMILES string of the molecule is CCCCCCCCCCCCC/C=C/CCCCCCCCCC(=O)OCC(COCCC(C(=O)[O-])[N+](C)(C)C)OC(=O)CCCCCCCCCCCCCCCCC. The van der Waals surface area contributed by atoms with E-state index in [1.807, 2.05) is 21.1 Å². The van der Waals surface area contributed by atoms with Crippen LogP contribution in [0.2, 0.25) is 0 Å². The van der Waals surface area contributed by atoms with Gasteiger partial charge in [-0.25, -0.2) is 0 Å². The summed E-state index contributed by atoms with van der Waals surface area (Å²) < 4.78 is 17.3. The molecule has 61 heavy (non-hydrogen) atoms. The van der Waals surface area contributed by atoms with Crippen molar-refractivity contribution in [3.63, 3.8) is 0 Å². The zero-order valence-electron chi connectivity index (χ0n) is 41.1. The molecule has 0 saturated carbocycles. The van der Waals surface area contributed by atoms with Crippen LogP contribution in [-0.4, -0.2) is 75.5 Å². The summed E-state index contributed by atoms with van der Waals surface area (Å²) in [7, 11) is 5.42. The van der Waals surface area contributed by atoms with Gasteiger partial charge >= 0.3 is 11.9 Å². The van der Waals surface area contributed by atoms with E-state index in [-0.39, 0.29) is 42.7 Å². The molecule has 0 saturated heterocycles. The summed E-state index contributed by atoms with van der Waals surface area (Å²) in [6.07, 6.45) is 49.6. The molecule has 0 aromatic heterocycles. The first-order valence-corrected chi connectivity index (χ1v) is 26.2. The van der Waals surface area contributed by atoms with Crippen molar-refractivity contribution in [2.24, 2.45) is 0 Å². The Bertz CT molecular complexity index is 1010. The zero-order valence-corrected chi connectivity index (χ0v) is 41.1. The summed E-state index contributed by atoms with van der Waals surface area (Å²) in [5.41, 5.74) is 0. The van der Waals surface area contributed by atoms with Gasteiger partial charge in [-0.05, 0) is 38.5 Å². The maximum Gasteiger partial charge on any atom is 0.306 e. The molecule has 0 radical (unpaired) electrons. The van der Waals surface area contributed by atoms with Crippen molar-refractivity contribution >= 4 is 17.9 Å². The van der Waals surface area contributed by atoms with Crippen molar-refractivity contribution in [1.29, 1.82) is 0 Å². The predicted molar refractivity (Wildman–Crippen MR) is 254 cm³/mol. The van der Waals surface area contributed by atoms with Crippen molar-refractivity contribution in [1.82, 2.24) is 0 Å². The van der Waals surface area contributed by atoms with Crippen molar-refractivity contribution in [3.05, 3.63) is 12.2 Å². The second-order valence-electron chi connectivity index (χ2n) is 19.1. The van der Waals surface area contributed by atoms with Gasteiger partial charge in [0.25, 0.3) is 0 Å². The molecule has 360 valence electrons. The number of carboxylic acid groups (broad SMARTS) is 1. The van der Waals surface area contributed by atoms with Crippen molar-refractivity contribution in [3.8, 4) is 0 Å². The number of carbonyl (C=O) groups excluding carboxylic acids is 3. The number of esters is 2. The number of aliphatic carboxylic acids is 1. The van der Waals surface area contributed by atoms with Crippen LogP contribution in [0.5, 0.6) is 0 Å². The average molecular weight is 864 g/mol. The lowest BCUT2D eigenvalue weighted by molar-refractivity contribution is -0.889. The van der Waals surface area contributed by atoms with Crippen LogP contribution < -0.4 is 5.11 Å². The summed E-state index contributed by atoms with van der Waals surface area (Å²) in [4.78, 5) is 37.0. The Balaban J connectivity index is 4.17. The van der Waals surface area contributed by atoms with Gasteiger partial charge in [0.15, 0.2) is 6.10 Å². The Morgan fingerprint density at radius 2 is 0.820 bits per heavy atom. The fourth-order valence-corrected chi connectivity index (χ4v) is 8.07. The maximum absolute atomic E-state index is 12.8. The monoisotopic (exact) mass is 864 g/mol. The lowest BCUT2D eigenvalue weighted by atomic mass is 10.0. The van der Waals surface area contributed by atoms with E-state index < -0.39 is 18.1 Å². The molecular weight excluding hydrogens is 763 g/mol. The van der Waals surface area contributed by atoms with Gasteiger partial charge in [-0.3, -0.25) is 9.59 Å². The molecule has 0 amide bonds. The first-order chi connectivity index (χ1) is 29.6. The second-order valence-corrected chi connectivity index (χ2v) is 19.1. The van der Waals surface area contributed by atoms with Crippen LogP contribution >= 0.6 is 0 Å². The van der Waals surface area contributed by atoms with Gasteiger partial charge in [0.1, 0.15) is 12.6 Å². The second kappa shape index (κ2) is 44.7. The van der Waals surface area contributed by atoms with Crippen LogP contribution in [0.3, 0.4) is 0 Å². The Hall–Kier alpha value is -1.93. The van der Waals surface area contributed by atoms with E-state index in [1.54, 1.807) is 0 Å². The molecule has 0 aliphatic carbocycles. The van der Waals surface area contributed by atoms with E-state index in [0.29, 0.717) is 12.8 Å². The maximum atomic E-state index is 12.8. The summed E-state index contributed by atoms with van der Waals surface area (Å²) in [5, 5.41) is 11.7.